The van der Waals surface area contributed by atoms with Gasteiger partial charge >= 0.3 is 0 Å². The molecule has 0 aromatic heterocycles. The molecule has 2 rings (SSSR count). The van der Waals surface area contributed by atoms with Gasteiger partial charge in [-0.3, -0.25) is 0 Å². The number of aryl methyl sites for hydroxylation is 2. The van der Waals surface area contributed by atoms with E-state index in [1.807, 2.05) is 0 Å². The number of benzene rings is 2. The molecule has 1 atom stereocenters. The van der Waals surface area contributed by atoms with Gasteiger partial charge in [-0.05, 0) is 43.7 Å². The highest BCUT2D eigenvalue weighted by Gasteiger charge is 2.11. The van der Waals surface area contributed by atoms with E-state index in [1.54, 1.807) is 11.8 Å². The van der Waals surface area contributed by atoms with Crippen LogP contribution in [0.5, 0.6) is 0 Å². The lowest BCUT2D eigenvalue weighted by atomic mass is 9.97. The topological polar surface area (TPSA) is 26.0 Å². The third-order valence-electron chi connectivity index (χ3n) is 3.28. The van der Waals surface area contributed by atoms with Crippen molar-refractivity contribution in [2.24, 2.45) is 5.73 Å². The van der Waals surface area contributed by atoms with Gasteiger partial charge in [-0.15, -0.1) is 11.8 Å². The molecule has 2 aromatic carbocycles. The zero-order valence-corrected chi connectivity index (χ0v) is 12.6. The van der Waals surface area contributed by atoms with Gasteiger partial charge in [0.15, 0.2) is 0 Å². The Morgan fingerprint density at radius 2 is 1.68 bits per heavy atom. The molecule has 0 amide bonds. The molecule has 1 nitrogen and oxygen atoms in total. The molecule has 0 fully saturated rings. The summed E-state index contributed by atoms with van der Waals surface area (Å²) in [5.74, 6) is 0. The first kappa shape index (κ1) is 14.2. The highest BCUT2D eigenvalue weighted by molar-refractivity contribution is 7.98. The van der Waals surface area contributed by atoms with Gasteiger partial charge in [0.1, 0.15) is 0 Å². The van der Waals surface area contributed by atoms with Crippen LogP contribution in [0.1, 0.15) is 28.3 Å². The van der Waals surface area contributed by atoms with Crippen molar-refractivity contribution in [1.82, 2.24) is 0 Å². The summed E-state index contributed by atoms with van der Waals surface area (Å²) in [5, 5.41) is 0. The molecule has 0 aliphatic carbocycles. The van der Waals surface area contributed by atoms with E-state index >= 15 is 0 Å². The molecule has 2 aromatic rings. The van der Waals surface area contributed by atoms with E-state index in [-0.39, 0.29) is 6.04 Å². The Hall–Kier alpha value is -1.25. The second kappa shape index (κ2) is 6.27. The Morgan fingerprint density at radius 3 is 2.32 bits per heavy atom. The van der Waals surface area contributed by atoms with E-state index in [2.05, 4.69) is 62.6 Å². The van der Waals surface area contributed by atoms with Crippen molar-refractivity contribution in [2.75, 3.05) is 6.26 Å². The van der Waals surface area contributed by atoms with E-state index in [1.165, 1.54) is 27.1 Å². The molecule has 0 saturated carbocycles. The van der Waals surface area contributed by atoms with Gasteiger partial charge in [0.2, 0.25) is 0 Å². The quantitative estimate of drug-likeness (QED) is 0.840. The Kier molecular flexibility index (Phi) is 4.67. The molecule has 0 aliphatic rings. The van der Waals surface area contributed by atoms with Crippen LogP contribution in [-0.4, -0.2) is 6.26 Å². The van der Waals surface area contributed by atoms with E-state index < -0.39 is 0 Å². The fourth-order valence-corrected chi connectivity index (χ4v) is 3.19. The zero-order chi connectivity index (χ0) is 13.8. The van der Waals surface area contributed by atoms with Gasteiger partial charge < -0.3 is 5.73 Å². The monoisotopic (exact) mass is 271 g/mol. The SMILES string of the molecule is CSc1ccccc1C(N)Cc1cc(C)cc(C)c1. The van der Waals surface area contributed by atoms with Crippen LogP contribution in [0.15, 0.2) is 47.4 Å². The van der Waals surface area contributed by atoms with Gasteiger partial charge in [0.25, 0.3) is 0 Å². The third kappa shape index (κ3) is 3.62. The molecular weight excluding hydrogens is 250 g/mol. The highest BCUT2D eigenvalue weighted by atomic mass is 32.2. The van der Waals surface area contributed by atoms with E-state index in [9.17, 15) is 0 Å². The first-order chi connectivity index (χ1) is 9.10. The Balaban J connectivity index is 2.22. The summed E-state index contributed by atoms with van der Waals surface area (Å²) in [5.41, 5.74) is 11.6. The number of rotatable bonds is 4. The minimum absolute atomic E-state index is 0.0600. The number of hydrogen-bond donors (Lipinski definition) is 1. The fourth-order valence-electron chi connectivity index (χ4n) is 2.52. The van der Waals surface area contributed by atoms with Crippen molar-refractivity contribution in [3.05, 3.63) is 64.7 Å². The van der Waals surface area contributed by atoms with Crippen LogP contribution in [0.25, 0.3) is 0 Å². The van der Waals surface area contributed by atoms with Crippen LogP contribution in [0.3, 0.4) is 0 Å². The molecule has 2 heteroatoms. The minimum Gasteiger partial charge on any atom is -0.324 e. The molecule has 0 radical (unpaired) electrons. The first-order valence-corrected chi connectivity index (χ1v) is 7.78. The molecule has 100 valence electrons. The van der Waals surface area contributed by atoms with Crippen LogP contribution >= 0.6 is 11.8 Å². The van der Waals surface area contributed by atoms with Crippen molar-refractivity contribution >= 4 is 11.8 Å². The lowest BCUT2D eigenvalue weighted by molar-refractivity contribution is 0.707. The van der Waals surface area contributed by atoms with Gasteiger partial charge in [0, 0.05) is 10.9 Å². The maximum atomic E-state index is 6.39. The van der Waals surface area contributed by atoms with Crippen LogP contribution in [0.4, 0.5) is 0 Å². The molecule has 2 N–H and O–H groups in total. The average molecular weight is 271 g/mol. The molecule has 1 unspecified atom stereocenters. The molecule has 0 saturated heterocycles. The zero-order valence-electron chi connectivity index (χ0n) is 11.8. The lowest BCUT2D eigenvalue weighted by Crippen LogP contribution is -2.14. The smallest absolute Gasteiger partial charge is 0.0346 e. The maximum Gasteiger partial charge on any atom is 0.0346 e. The maximum absolute atomic E-state index is 6.39. The van der Waals surface area contributed by atoms with Gasteiger partial charge in [-0.2, -0.15) is 0 Å². The van der Waals surface area contributed by atoms with Gasteiger partial charge in [-0.25, -0.2) is 0 Å². The second-order valence-electron chi connectivity index (χ2n) is 5.05. The number of hydrogen-bond acceptors (Lipinski definition) is 2. The van der Waals surface area contributed by atoms with E-state index in [4.69, 9.17) is 5.73 Å². The summed E-state index contributed by atoms with van der Waals surface area (Å²) in [6.45, 7) is 4.27. The molecule has 0 heterocycles. The Morgan fingerprint density at radius 1 is 1.05 bits per heavy atom. The Bertz CT molecular complexity index is 543. The lowest BCUT2D eigenvalue weighted by Gasteiger charge is -2.16. The van der Waals surface area contributed by atoms with Crippen LogP contribution in [0, 0.1) is 13.8 Å². The molecule has 19 heavy (non-hydrogen) atoms. The predicted octanol–water partition coefficient (Wildman–Crippen LogP) is 4.27. The largest absolute Gasteiger partial charge is 0.324 e. The van der Waals surface area contributed by atoms with Gasteiger partial charge in [-0.1, -0.05) is 47.5 Å². The average Bonchev–Trinajstić information content (AvgIpc) is 2.37. The van der Waals surface area contributed by atoms with Crippen molar-refractivity contribution in [2.45, 2.75) is 31.2 Å². The van der Waals surface area contributed by atoms with Crippen molar-refractivity contribution < 1.29 is 0 Å². The van der Waals surface area contributed by atoms with Crippen LogP contribution in [-0.2, 0) is 6.42 Å². The van der Waals surface area contributed by atoms with Gasteiger partial charge in [0.05, 0.1) is 0 Å². The number of nitrogens with two attached hydrogens (primary N) is 1. The highest BCUT2D eigenvalue weighted by Crippen LogP contribution is 2.26. The van der Waals surface area contributed by atoms with E-state index in [0.717, 1.165) is 6.42 Å². The van der Waals surface area contributed by atoms with Crippen LogP contribution < -0.4 is 5.73 Å². The second-order valence-corrected chi connectivity index (χ2v) is 5.90. The Labute approximate surface area is 120 Å². The third-order valence-corrected chi connectivity index (χ3v) is 4.09. The van der Waals surface area contributed by atoms with Crippen molar-refractivity contribution in [3.8, 4) is 0 Å². The molecule has 0 spiro atoms. The molecular formula is C17H21NS. The minimum atomic E-state index is 0.0600. The summed E-state index contributed by atoms with van der Waals surface area (Å²) in [7, 11) is 0. The standard InChI is InChI=1S/C17H21NS/c1-12-8-13(2)10-14(9-12)11-16(18)15-6-4-5-7-17(15)19-3/h4-10,16H,11,18H2,1-3H3. The summed E-state index contributed by atoms with van der Waals surface area (Å²) in [6, 6.07) is 15.1. The molecule has 0 bridgehead atoms. The van der Waals surface area contributed by atoms with Crippen LogP contribution in [0.2, 0.25) is 0 Å². The summed E-state index contributed by atoms with van der Waals surface area (Å²) >= 11 is 1.76. The summed E-state index contributed by atoms with van der Waals surface area (Å²) in [4.78, 5) is 1.28. The van der Waals surface area contributed by atoms with Crippen molar-refractivity contribution in [1.29, 1.82) is 0 Å². The van der Waals surface area contributed by atoms with E-state index in [0.29, 0.717) is 0 Å². The molecule has 0 aliphatic heterocycles. The first-order valence-electron chi connectivity index (χ1n) is 6.56. The fraction of sp³-hybridized carbons (Fsp3) is 0.294. The summed E-state index contributed by atoms with van der Waals surface area (Å²) in [6.07, 6.45) is 2.99. The predicted molar refractivity (Wildman–Crippen MR) is 84.8 cm³/mol. The summed E-state index contributed by atoms with van der Waals surface area (Å²) < 4.78 is 0. The normalized spacial score (nSPS) is 12.4. The van der Waals surface area contributed by atoms with Crippen molar-refractivity contribution in [3.63, 3.8) is 0 Å². The number of thioether (sulfide) groups is 1.